The Balaban J connectivity index is 1.70. The number of hydrazone groups is 1. The van der Waals surface area contributed by atoms with Crippen LogP contribution in [0.25, 0.3) is 17.1 Å². The van der Waals surface area contributed by atoms with Crippen LogP contribution in [0.2, 0.25) is 0 Å². The third-order valence-corrected chi connectivity index (χ3v) is 4.09. The number of aryl methyl sites for hydroxylation is 1. The van der Waals surface area contributed by atoms with Gasteiger partial charge in [-0.05, 0) is 22.8 Å². The molecule has 144 valence electrons. The van der Waals surface area contributed by atoms with Crippen molar-refractivity contribution in [3.05, 3.63) is 71.4 Å². The number of hydrogen-bond donors (Lipinski definition) is 2. The molecule has 2 heterocycles. The van der Waals surface area contributed by atoms with Crippen molar-refractivity contribution in [2.24, 2.45) is 5.10 Å². The summed E-state index contributed by atoms with van der Waals surface area (Å²) in [5, 5.41) is 19.3. The van der Waals surface area contributed by atoms with Gasteiger partial charge in [-0.15, -0.1) is 5.10 Å². The molecular formula is C19H16N8O2. The zero-order valence-electron chi connectivity index (χ0n) is 15.4. The van der Waals surface area contributed by atoms with Crippen molar-refractivity contribution >= 4 is 17.9 Å². The zero-order valence-corrected chi connectivity index (χ0v) is 15.4. The molecule has 0 unspecified atom stereocenters. The molecule has 0 aliphatic carbocycles. The van der Waals surface area contributed by atoms with Crippen LogP contribution in [0.4, 0.5) is 5.82 Å². The Morgan fingerprint density at radius 3 is 2.59 bits per heavy atom. The maximum Gasteiger partial charge on any atom is 0.294 e. The van der Waals surface area contributed by atoms with Gasteiger partial charge in [0.2, 0.25) is 11.6 Å². The van der Waals surface area contributed by atoms with Crippen LogP contribution in [0.5, 0.6) is 0 Å². The molecule has 2 aromatic carbocycles. The number of nitrogens with zero attached hydrogens (tertiary/aromatic N) is 6. The summed E-state index contributed by atoms with van der Waals surface area (Å²) in [6.45, 7) is 1.96. The number of amides is 1. The molecule has 0 saturated heterocycles. The predicted octanol–water partition coefficient (Wildman–Crippen LogP) is 1.97. The van der Waals surface area contributed by atoms with Crippen molar-refractivity contribution in [2.75, 3.05) is 5.73 Å². The summed E-state index contributed by atoms with van der Waals surface area (Å²) >= 11 is 0. The molecule has 2 aromatic heterocycles. The third-order valence-electron chi connectivity index (χ3n) is 4.09. The van der Waals surface area contributed by atoms with E-state index in [0.717, 1.165) is 11.1 Å². The Bertz CT molecular complexity index is 1160. The normalized spacial score (nSPS) is 11.1. The first-order valence-electron chi connectivity index (χ1n) is 8.63. The molecule has 10 nitrogen and oxygen atoms in total. The van der Waals surface area contributed by atoms with E-state index in [4.69, 9.17) is 5.73 Å². The Morgan fingerprint density at radius 1 is 1.14 bits per heavy atom. The summed E-state index contributed by atoms with van der Waals surface area (Å²) in [7, 11) is 0. The van der Waals surface area contributed by atoms with E-state index in [1.807, 2.05) is 61.5 Å². The first-order valence-corrected chi connectivity index (χ1v) is 8.63. The molecule has 0 bridgehead atoms. The highest BCUT2D eigenvalue weighted by molar-refractivity contribution is 5.98. The van der Waals surface area contributed by atoms with Gasteiger partial charge in [0.05, 0.1) is 6.21 Å². The van der Waals surface area contributed by atoms with Crippen LogP contribution in [-0.4, -0.2) is 37.4 Å². The van der Waals surface area contributed by atoms with E-state index in [1.54, 1.807) is 0 Å². The summed E-state index contributed by atoms with van der Waals surface area (Å²) in [5.74, 6) is -0.369. The lowest BCUT2D eigenvalue weighted by Gasteiger charge is -2.06. The average molecular weight is 388 g/mol. The van der Waals surface area contributed by atoms with Crippen molar-refractivity contribution < 1.29 is 9.42 Å². The van der Waals surface area contributed by atoms with Crippen molar-refractivity contribution in [1.29, 1.82) is 0 Å². The van der Waals surface area contributed by atoms with Gasteiger partial charge in [0.1, 0.15) is 5.69 Å². The molecule has 0 saturated carbocycles. The fourth-order valence-corrected chi connectivity index (χ4v) is 2.65. The van der Waals surface area contributed by atoms with Gasteiger partial charge in [-0.25, -0.2) is 10.1 Å². The van der Waals surface area contributed by atoms with Gasteiger partial charge in [0, 0.05) is 5.56 Å². The Kier molecular flexibility index (Phi) is 4.81. The molecule has 4 rings (SSSR count). The van der Waals surface area contributed by atoms with Crippen LogP contribution in [0.1, 0.15) is 21.6 Å². The monoisotopic (exact) mass is 388 g/mol. The van der Waals surface area contributed by atoms with Gasteiger partial charge in [-0.2, -0.15) is 9.78 Å². The molecule has 0 aliphatic rings. The smallest absolute Gasteiger partial charge is 0.294 e. The molecule has 10 heteroatoms. The van der Waals surface area contributed by atoms with Gasteiger partial charge in [-0.3, -0.25) is 4.79 Å². The van der Waals surface area contributed by atoms with Crippen molar-refractivity contribution in [2.45, 2.75) is 6.92 Å². The topological polar surface area (TPSA) is 137 Å². The highest BCUT2D eigenvalue weighted by Crippen LogP contribution is 2.26. The van der Waals surface area contributed by atoms with E-state index in [2.05, 4.69) is 35.8 Å². The van der Waals surface area contributed by atoms with Crippen LogP contribution in [0.3, 0.4) is 0 Å². The maximum absolute atomic E-state index is 12.7. The second kappa shape index (κ2) is 7.72. The number of benzene rings is 2. The number of carbonyl (C=O) groups is 1. The highest BCUT2D eigenvalue weighted by atomic mass is 16.6. The van der Waals surface area contributed by atoms with Crippen LogP contribution in [-0.2, 0) is 0 Å². The number of nitrogens with two attached hydrogens (primary N) is 1. The van der Waals surface area contributed by atoms with Crippen molar-refractivity contribution in [3.63, 3.8) is 0 Å². The zero-order chi connectivity index (χ0) is 20.2. The number of nitrogens with one attached hydrogen (secondary N) is 1. The molecule has 29 heavy (non-hydrogen) atoms. The van der Waals surface area contributed by atoms with E-state index in [-0.39, 0.29) is 17.3 Å². The first-order chi connectivity index (χ1) is 14.1. The van der Waals surface area contributed by atoms with E-state index >= 15 is 0 Å². The Hall–Kier alpha value is -4.34. The first kappa shape index (κ1) is 18.0. The Morgan fingerprint density at radius 2 is 1.90 bits per heavy atom. The third kappa shape index (κ3) is 3.72. The van der Waals surface area contributed by atoms with E-state index in [0.29, 0.717) is 11.3 Å². The predicted molar refractivity (Wildman–Crippen MR) is 105 cm³/mol. The fourth-order valence-electron chi connectivity index (χ4n) is 2.65. The summed E-state index contributed by atoms with van der Waals surface area (Å²) in [6, 6.07) is 16.9. The van der Waals surface area contributed by atoms with E-state index in [9.17, 15) is 4.79 Å². The summed E-state index contributed by atoms with van der Waals surface area (Å²) in [4.78, 5) is 12.7. The molecule has 1 amide bonds. The summed E-state index contributed by atoms with van der Waals surface area (Å²) in [6.07, 6.45) is 1.54. The second-order valence-electron chi connectivity index (χ2n) is 6.15. The lowest BCUT2D eigenvalue weighted by atomic mass is 10.1. The lowest BCUT2D eigenvalue weighted by Crippen LogP contribution is -2.19. The van der Waals surface area contributed by atoms with Gasteiger partial charge < -0.3 is 5.73 Å². The van der Waals surface area contributed by atoms with E-state index < -0.39 is 5.91 Å². The molecule has 0 aliphatic heterocycles. The maximum atomic E-state index is 12.7. The minimum atomic E-state index is -0.533. The number of aromatic nitrogens is 5. The molecule has 0 radical (unpaired) electrons. The molecule has 4 aromatic rings. The quantitative estimate of drug-likeness (QED) is 0.394. The second-order valence-corrected chi connectivity index (χ2v) is 6.15. The minimum absolute atomic E-state index is 0.0253. The Labute approximate surface area is 165 Å². The van der Waals surface area contributed by atoms with E-state index in [1.165, 1.54) is 10.9 Å². The standard InChI is InChI=1S/C19H16N8O2/c1-12-7-9-14(10-8-12)16-15(22-26-27(16)18-17(20)24-29-25-18)19(28)23-21-11-13-5-3-2-4-6-13/h2-11H,1H3,(H2,20,24)(H,23,28). The van der Waals surface area contributed by atoms with Crippen LogP contribution < -0.4 is 11.2 Å². The minimum Gasteiger partial charge on any atom is -0.378 e. The molecule has 0 spiro atoms. The van der Waals surface area contributed by atoms with Gasteiger partial charge in [0.15, 0.2) is 5.69 Å². The van der Waals surface area contributed by atoms with Gasteiger partial charge in [0.25, 0.3) is 5.91 Å². The lowest BCUT2D eigenvalue weighted by molar-refractivity contribution is 0.0950. The van der Waals surface area contributed by atoms with Crippen molar-refractivity contribution in [1.82, 2.24) is 30.7 Å². The highest BCUT2D eigenvalue weighted by Gasteiger charge is 2.25. The number of anilines is 1. The molecular weight excluding hydrogens is 372 g/mol. The fraction of sp³-hybridized carbons (Fsp3) is 0.0526. The number of rotatable bonds is 5. The number of nitrogen functional groups attached to an aromatic ring is 1. The van der Waals surface area contributed by atoms with Gasteiger partial charge >= 0.3 is 0 Å². The largest absolute Gasteiger partial charge is 0.378 e. The number of carbonyl (C=O) groups excluding carboxylic acids is 1. The number of hydrogen-bond acceptors (Lipinski definition) is 8. The molecule has 3 N–H and O–H groups in total. The van der Waals surface area contributed by atoms with Crippen LogP contribution in [0, 0.1) is 6.92 Å². The average Bonchev–Trinajstić information content (AvgIpc) is 3.35. The summed E-state index contributed by atoms with van der Waals surface area (Å²) in [5.41, 5.74) is 11.3. The molecule has 0 atom stereocenters. The van der Waals surface area contributed by atoms with Crippen LogP contribution in [0.15, 0.2) is 64.3 Å². The van der Waals surface area contributed by atoms with Gasteiger partial charge in [-0.1, -0.05) is 65.4 Å². The summed E-state index contributed by atoms with van der Waals surface area (Å²) < 4.78 is 5.97. The molecule has 0 fully saturated rings. The van der Waals surface area contributed by atoms with Crippen molar-refractivity contribution in [3.8, 4) is 17.1 Å². The SMILES string of the molecule is Cc1ccc(-c2c(C(=O)NN=Cc3ccccc3)nnn2-c2nonc2N)cc1. The van der Waals surface area contributed by atoms with Crippen LogP contribution >= 0.6 is 0 Å².